The predicted molar refractivity (Wildman–Crippen MR) is 42.8 cm³/mol. The van der Waals surface area contributed by atoms with E-state index in [0.29, 0.717) is 0 Å². The van der Waals surface area contributed by atoms with Gasteiger partial charge in [0, 0.05) is 6.42 Å². The number of nitrogens with one attached hydrogen (secondary N) is 1. The van der Waals surface area contributed by atoms with E-state index in [1.165, 1.54) is 13.8 Å². The molecule has 1 atom stereocenters. The number of carboxylic acids is 1. The van der Waals surface area contributed by atoms with Crippen LogP contribution >= 0.6 is 0 Å². The van der Waals surface area contributed by atoms with Gasteiger partial charge >= 0.3 is 5.97 Å². The quantitative estimate of drug-likeness (QED) is 0.655. The fraction of sp³-hybridized carbons (Fsp3) is 0.875. The van der Waals surface area contributed by atoms with Crippen LogP contribution in [-0.2, 0) is 4.79 Å². The molecule has 1 aliphatic rings. The maximum Gasteiger partial charge on any atom is 0.321 e. The number of aliphatic carboxylic acids is 1. The molecule has 0 spiro atoms. The van der Waals surface area contributed by atoms with E-state index in [4.69, 9.17) is 5.11 Å². The van der Waals surface area contributed by atoms with Crippen molar-refractivity contribution in [2.45, 2.75) is 32.2 Å². The van der Waals surface area contributed by atoms with Crippen LogP contribution < -0.4 is 5.32 Å². The molecule has 2 N–H and O–H groups in total. The monoisotopic (exact) mass is 193 g/mol. The first-order valence-electron chi connectivity index (χ1n) is 4.09. The van der Waals surface area contributed by atoms with Gasteiger partial charge in [0.2, 0.25) is 0 Å². The van der Waals surface area contributed by atoms with E-state index in [-0.39, 0.29) is 6.42 Å². The van der Waals surface area contributed by atoms with Crippen LogP contribution in [0.5, 0.6) is 0 Å². The third-order valence-electron chi connectivity index (χ3n) is 2.31. The average molecular weight is 193 g/mol. The highest BCUT2D eigenvalue weighted by Gasteiger charge is 2.48. The van der Waals surface area contributed by atoms with Gasteiger partial charge in [0.25, 0.3) is 5.92 Å². The Labute approximate surface area is 75.1 Å². The van der Waals surface area contributed by atoms with Crippen molar-refractivity contribution in [3.05, 3.63) is 0 Å². The second kappa shape index (κ2) is 2.90. The molecule has 5 heteroatoms. The number of alkyl halides is 2. The van der Waals surface area contributed by atoms with Gasteiger partial charge in [-0.1, -0.05) is 13.8 Å². The number of carbonyl (C=O) groups is 1. The molecule has 0 aliphatic carbocycles. The first-order chi connectivity index (χ1) is 5.75. The number of rotatable bonds is 1. The van der Waals surface area contributed by atoms with E-state index in [1.807, 2.05) is 0 Å². The molecule has 1 rings (SSSR count). The van der Waals surface area contributed by atoms with Gasteiger partial charge in [0.15, 0.2) is 0 Å². The van der Waals surface area contributed by atoms with Crippen LogP contribution in [0.2, 0.25) is 0 Å². The molecule has 1 unspecified atom stereocenters. The molecular formula is C8H13F2NO2. The first-order valence-corrected chi connectivity index (χ1v) is 4.09. The molecule has 13 heavy (non-hydrogen) atoms. The van der Waals surface area contributed by atoms with Gasteiger partial charge in [-0.25, -0.2) is 8.78 Å². The Morgan fingerprint density at radius 1 is 1.54 bits per heavy atom. The summed E-state index contributed by atoms with van der Waals surface area (Å²) < 4.78 is 25.8. The molecule has 1 heterocycles. The predicted octanol–water partition coefficient (Wildman–Crippen LogP) is 1.09. The molecule has 0 amide bonds. The minimum absolute atomic E-state index is 0.385. The lowest BCUT2D eigenvalue weighted by Crippen LogP contribution is -2.58. The summed E-state index contributed by atoms with van der Waals surface area (Å²) in [5, 5.41) is 11.1. The van der Waals surface area contributed by atoms with Crippen LogP contribution in [0.4, 0.5) is 8.78 Å². The maximum absolute atomic E-state index is 12.9. The van der Waals surface area contributed by atoms with E-state index in [0.717, 1.165) is 0 Å². The van der Waals surface area contributed by atoms with Gasteiger partial charge in [0.05, 0.1) is 6.54 Å². The summed E-state index contributed by atoms with van der Waals surface area (Å²) in [6.07, 6.45) is -0.385. The van der Waals surface area contributed by atoms with Crippen molar-refractivity contribution < 1.29 is 18.7 Å². The highest BCUT2D eigenvalue weighted by atomic mass is 19.3. The van der Waals surface area contributed by atoms with Crippen LogP contribution in [0, 0.1) is 5.41 Å². The van der Waals surface area contributed by atoms with E-state index in [1.54, 1.807) is 0 Å². The van der Waals surface area contributed by atoms with Crippen molar-refractivity contribution in [2.24, 2.45) is 5.41 Å². The van der Waals surface area contributed by atoms with E-state index < -0.39 is 29.9 Å². The van der Waals surface area contributed by atoms with Crippen LogP contribution in [-0.4, -0.2) is 29.6 Å². The second-order valence-corrected chi connectivity index (χ2v) is 4.17. The lowest BCUT2D eigenvalue weighted by Gasteiger charge is -2.40. The summed E-state index contributed by atoms with van der Waals surface area (Å²) in [5.41, 5.74) is -0.909. The van der Waals surface area contributed by atoms with Crippen LogP contribution in [0.25, 0.3) is 0 Å². The zero-order valence-electron chi connectivity index (χ0n) is 7.60. The highest BCUT2D eigenvalue weighted by molar-refractivity contribution is 5.74. The zero-order valence-corrected chi connectivity index (χ0v) is 7.60. The third kappa shape index (κ3) is 2.15. The lowest BCUT2D eigenvalue weighted by atomic mass is 9.76. The molecule has 0 saturated carbocycles. The Morgan fingerprint density at radius 2 is 2.08 bits per heavy atom. The summed E-state index contributed by atoms with van der Waals surface area (Å²) in [6, 6.07) is -0.882. The normalized spacial score (nSPS) is 31.2. The molecule has 1 saturated heterocycles. The number of carboxylic acid groups (broad SMARTS) is 1. The minimum atomic E-state index is -2.80. The van der Waals surface area contributed by atoms with Gasteiger partial charge < -0.3 is 5.11 Å². The zero-order chi connectivity index (χ0) is 10.3. The molecule has 76 valence electrons. The highest BCUT2D eigenvalue weighted by Crippen LogP contribution is 2.38. The SMILES string of the molecule is CC1(C)CC(F)(F)CNC1C(=O)O. The lowest BCUT2D eigenvalue weighted by molar-refractivity contribution is -0.149. The second-order valence-electron chi connectivity index (χ2n) is 4.17. The third-order valence-corrected chi connectivity index (χ3v) is 2.31. The molecule has 0 aromatic carbocycles. The van der Waals surface area contributed by atoms with E-state index in [2.05, 4.69) is 5.32 Å². The number of halogens is 2. The van der Waals surface area contributed by atoms with Crippen molar-refractivity contribution >= 4 is 5.97 Å². The molecule has 0 aromatic heterocycles. The number of hydrogen-bond donors (Lipinski definition) is 2. The van der Waals surface area contributed by atoms with Gasteiger partial charge in [-0.15, -0.1) is 0 Å². The van der Waals surface area contributed by atoms with E-state index in [9.17, 15) is 13.6 Å². The van der Waals surface area contributed by atoms with Crippen molar-refractivity contribution in [3.63, 3.8) is 0 Å². The molecule has 1 aliphatic heterocycles. The standard InChI is InChI=1S/C8H13F2NO2/c1-7(2)3-8(9,10)4-11-5(7)6(12)13/h5,11H,3-4H2,1-2H3,(H,12,13). The maximum atomic E-state index is 12.9. The molecule has 0 radical (unpaired) electrons. The summed E-state index contributed by atoms with van der Waals surface area (Å²) in [7, 11) is 0. The Balaban J connectivity index is 2.79. The Kier molecular flexibility index (Phi) is 2.32. The fourth-order valence-electron chi connectivity index (χ4n) is 1.78. The minimum Gasteiger partial charge on any atom is -0.480 e. The van der Waals surface area contributed by atoms with Gasteiger partial charge in [0.1, 0.15) is 6.04 Å². The molecule has 0 aromatic rings. The van der Waals surface area contributed by atoms with Crippen molar-refractivity contribution in [2.75, 3.05) is 6.54 Å². The Hall–Kier alpha value is -0.710. The molecule has 3 nitrogen and oxygen atoms in total. The Morgan fingerprint density at radius 3 is 2.46 bits per heavy atom. The Bertz CT molecular complexity index is 228. The van der Waals surface area contributed by atoms with Crippen LogP contribution in [0.1, 0.15) is 20.3 Å². The van der Waals surface area contributed by atoms with Crippen molar-refractivity contribution in [3.8, 4) is 0 Å². The molecule has 0 bridgehead atoms. The van der Waals surface area contributed by atoms with Crippen LogP contribution in [0.15, 0.2) is 0 Å². The summed E-state index contributed by atoms with van der Waals surface area (Å²) in [4.78, 5) is 10.7. The van der Waals surface area contributed by atoms with Gasteiger partial charge in [-0.3, -0.25) is 10.1 Å². The van der Waals surface area contributed by atoms with Crippen molar-refractivity contribution in [1.82, 2.24) is 5.32 Å². The average Bonchev–Trinajstić information content (AvgIpc) is 1.79. The summed E-state index contributed by atoms with van der Waals surface area (Å²) in [6.45, 7) is 2.52. The molecule has 1 fully saturated rings. The number of piperidine rings is 1. The van der Waals surface area contributed by atoms with Gasteiger partial charge in [-0.05, 0) is 5.41 Å². The topological polar surface area (TPSA) is 49.3 Å². The van der Waals surface area contributed by atoms with Gasteiger partial charge in [-0.2, -0.15) is 0 Å². The largest absolute Gasteiger partial charge is 0.480 e. The fourth-order valence-corrected chi connectivity index (χ4v) is 1.78. The molecular weight excluding hydrogens is 180 g/mol. The van der Waals surface area contributed by atoms with Crippen molar-refractivity contribution in [1.29, 1.82) is 0 Å². The summed E-state index contributed by atoms with van der Waals surface area (Å²) in [5.74, 6) is -3.87. The smallest absolute Gasteiger partial charge is 0.321 e. The number of hydrogen-bond acceptors (Lipinski definition) is 2. The van der Waals surface area contributed by atoms with Crippen LogP contribution in [0.3, 0.4) is 0 Å². The summed E-state index contributed by atoms with van der Waals surface area (Å²) >= 11 is 0. The van der Waals surface area contributed by atoms with E-state index >= 15 is 0 Å². The first kappa shape index (κ1) is 10.4.